The van der Waals surface area contributed by atoms with Gasteiger partial charge in [-0.3, -0.25) is 0 Å². The van der Waals surface area contributed by atoms with Gasteiger partial charge in [-0.05, 0) is 77.2 Å². The van der Waals surface area contributed by atoms with Gasteiger partial charge in [0, 0.05) is 53.4 Å². The van der Waals surface area contributed by atoms with Crippen molar-refractivity contribution in [3.63, 3.8) is 0 Å². The molecule has 0 aliphatic heterocycles. The molecule has 49 heavy (non-hydrogen) atoms. The molecule has 10 aromatic rings. The molecule has 230 valence electrons. The quantitative estimate of drug-likeness (QED) is 0.181. The highest BCUT2D eigenvalue weighted by molar-refractivity contribution is 7.26. The molecule has 0 atom stereocenters. The fraction of sp³-hybridized carbons (Fsp3) is 0. The number of aromatic nitrogens is 1. The molecule has 0 unspecified atom stereocenters. The van der Waals surface area contributed by atoms with E-state index in [-0.39, 0.29) is 0 Å². The van der Waals surface area contributed by atoms with E-state index in [0.29, 0.717) is 0 Å². The van der Waals surface area contributed by atoms with E-state index in [0.717, 1.165) is 17.1 Å². The molecule has 3 heteroatoms. The molecular weight excluding hydrogens is 613 g/mol. The van der Waals surface area contributed by atoms with Crippen molar-refractivity contribution >= 4 is 81.1 Å². The molecule has 0 saturated carbocycles. The van der Waals surface area contributed by atoms with Gasteiger partial charge in [-0.1, -0.05) is 121 Å². The van der Waals surface area contributed by atoms with Gasteiger partial charge in [0.15, 0.2) is 0 Å². The maximum Gasteiger partial charge on any atom is 0.0554 e. The first-order chi connectivity index (χ1) is 24.3. The molecule has 0 aliphatic carbocycles. The van der Waals surface area contributed by atoms with Crippen LogP contribution in [0.3, 0.4) is 0 Å². The molecule has 0 amide bonds. The highest BCUT2D eigenvalue weighted by Crippen LogP contribution is 2.47. The number of hydrogen-bond donors (Lipinski definition) is 0. The molecule has 2 heterocycles. The van der Waals surface area contributed by atoms with Crippen LogP contribution in [0.2, 0.25) is 0 Å². The summed E-state index contributed by atoms with van der Waals surface area (Å²) in [5.74, 6) is 0. The molecule has 0 N–H and O–H groups in total. The largest absolute Gasteiger partial charge is 0.310 e. The first-order valence-electron chi connectivity index (χ1n) is 16.7. The second kappa shape index (κ2) is 11.2. The van der Waals surface area contributed by atoms with Gasteiger partial charge < -0.3 is 9.47 Å². The minimum absolute atomic E-state index is 1.12. The SMILES string of the molecule is c1ccc(-c2ccc(N(c3ccc4c(c3)c3ccccc3n4-c3ccccc3)c3cccc4ccc5c6ccccc6sc5c34)cc2)cc1. The number of anilines is 3. The van der Waals surface area contributed by atoms with E-state index in [1.165, 1.54) is 69.6 Å². The summed E-state index contributed by atoms with van der Waals surface area (Å²) in [5, 5.41) is 7.61. The first-order valence-corrected chi connectivity index (χ1v) is 17.5. The Balaban J connectivity index is 1.25. The zero-order chi connectivity index (χ0) is 32.3. The van der Waals surface area contributed by atoms with Gasteiger partial charge in [0.2, 0.25) is 0 Å². The molecule has 0 radical (unpaired) electrons. The third-order valence-corrected chi connectivity index (χ3v) is 11.0. The summed E-state index contributed by atoms with van der Waals surface area (Å²) in [6, 6.07) is 66.1. The fourth-order valence-electron chi connectivity index (χ4n) is 7.54. The zero-order valence-electron chi connectivity index (χ0n) is 26.6. The van der Waals surface area contributed by atoms with Gasteiger partial charge in [-0.25, -0.2) is 0 Å². The van der Waals surface area contributed by atoms with Gasteiger partial charge in [0.05, 0.1) is 16.7 Å². The molecule has 2 nitrogen and oxygen atoms in total. The summed E-state index contributed by atoms with van der Waals surface area (Å²) in [6.45, 7) is 0. The van der Waals surface area contributed by atoms with Crippen LogP contribution in [0.4, 0.5) is 17.1 Å². The van der Waals surface area contributed by atoms with Crippen LogP contribution in [0.1, 0.15) is 0 Å². The number of benzene rings is 8. The van der Waals surface area contributed by atoms with Crippen LogP contribution in [0.5, 0.6) is 0 Å². The van der Waals surface area contributed by atoms with Crippen LogP contribution in [0, 0.1) is 0 Å². The number of fused-ring (bicyclic) bond motifs is 8. The summed E-state index contributed by atoms with van der Waals surface area (Å²) in [6.07, 6.45) is 0. The topological polar surface area (TPSA) is 8.17 Å². The van der Waals surface area contributed by atoms with E-state index < -0.39 is 0 Å². The molecule has 0 aliphatic rings. The van der Waals surface area contributed by atoms with Crippen molar-refractivity contribution in [3.8, 4) is 16.8 Å². The summed E-state index contributed by atoms with van der Waals surface area (Å²) in [4.78, 5) is 2.45. The third kappa shape index (κ3) is 4.47. The number of thiophene rings is 1. The van der Waals surface area contributed by atoms with Crippen LogP contribution in [0.15, 0.2) is 182 Å². The maximum absolute atomic E-state index is 2.45. The Morgan fingerprint density at radius 1 is 0.429 bits per heavy atom. The predicted molar refractivity (Wildman–Crippen MR) is 211 cm³/mol. The Hall–Kier alpha value is -6.16. The minimum atomic E-state index is 1.12. The van der Waals surface area contributed by atoms with Crippen LogP contribution in [0.25, 0.3) is 69.6 Å². The highest BCUT2D eigenvalue weighted by atomic mass is 32.1. The Kier molecular flexibility index (Phi) is 6.39. The highest BCUT2D eigenvalue weighted by Gasteiger charge is 2.21. The Morgan fingerprint density at radius 2 is 1.10 bits per heavy atom. The second-order valence-electron chi connectivity index (χ2n) is 12.6. The maximum atomic E-state index is 2.45. The summed E-state index contributed by atoms with van der Waals surface area (Å²) >= 11 is 1.89. The second-order valence-corrected chi connectivity index (χ2v) is 13.6. The van der Waals surface area contributed by atoms with Crippen molar-refractivity contribution < 1.29 is 0 Å². The number of para-hydroxylation sites is 2. The molecule has 0 bridgehead atoms. The minimum Gasteiger partial charge on any atom is -0.310 e. The predicted octanol–water partition coefficient (Wildman–Crippen LogP) is 13.4. The van der Waals surface area contributed by atoms with Crippen LogP contribution in [-0.4, -0.2) is 4.57 Å². The number of hydrogen-bond acceptors (Lipinski definition) is 2. The van der Waals surface area contributed by atoms with Crippen LogP contribution >= 0.6 is 11.3 Å². The van der Waals surface area contributed by atoms with Gasteiger partial charge in [0.25, 0.3) is 0 Å². The lowest BCUT2D eigenvalue weighted by Gasteiger charge is -2.27. The fourth-order valence-corrected chi connectivity index (χ4v) is 8.80. The summed E-state index contributed by atoms with van der Waals surface area (Å²) < 4.78 is 5.02. The van der Waals surface area contributed by atoms with E-state index in [9.17, 15) is 0 Å². The average Bonchev–Trinajstić information content (AvgIpc) is 3.72. The van der Waals surface area contributed by atoms with E-state index in [1.54, 1.807) is 0 Å². The molecule has 2 aromatic heterocycles. The van der Waals surface area contributed by atoms with E-state index in [2.05, 4.69) is 191 Å². The molecule has 0 spiro atoms. The first kappa shape index (κ1) is 27.9. The number of nitrogens with zero attached hydrogens (tertiary/aromatic N) is 2. The van der Waals surface area contributed by atoms with Crippen molar-refractivity contribution in [1.29, 1.82) is 0 Å². The van der Waals surface area contributed by atoms with Gasteiger partial charge in [-0.2, -0.15) is 0 Å². The van der Waals surface area contributed by atoms with Crippen LogP contribution in [-0.2, 0) is 0 Å². The normalized spacial score (nSPS) is 11.7. The smallest absolute Gasteiger partial charge is 0.0554 e. The van der Waals surface area contributed by atoms with E-state index >= 15 is 0 Å². The van der Waals surface area contributed by atoms with Crippen LogP contribution < -0.4 is 4.90 Å². The zero-order valence-corrected chi connectivity index (χ0v) is 27.4. The van der Waals surface area contributed by atoms with Crippen molar-refractivity contribution in [3.05, 3.63) is 182 Å². The third-order valence-electron chi connectivity index (χ3n) is 9.77. The average molecular weight is 643 g/mol. The summed E-state index contributed by atoms with van der Waals surface area (Å²) in [5.41, 5.74) is 9.41. The lowest BCUT2D eigenvalue weighted by molar-refractivity contribution is 1.18. The molecular formula is C46H30N2S. The van der Waals surface area contributed by atoms with Crippen molar-refractivity contribution in [2.75, 3.05) is 4.90 Å². The van der Waals surface area contributed by atoms with Crippen molar-refractivity contribution in [2.45, 2.75) is 0 Å². The van der Waals surface area contributed by atoms with Gasteiger partial charge >= 0.3 is 0 Å². The van der Waals surface area contributed by atoms with Crippen molar-refractivity contribution in [2.24, 2.45) is 0 Å². The molecule has 10 rings (SSSR count). The monoisotopic (exact) mass is 642 g/mol. The summed E-state index contributed by atoms with van der Waals surface area (Å²) in [7, 11) is 0. The lowest BCUT2D eigenvalue weighted by Crippen LogP contribution is -2.10. The Bertz CT molecular complexity index is 2810. The molecule has 8 aromatic carbocycles. The van der Waals surface area contributed by atoms with Gasteiger partial charge in [0.1, 0.15) is 0 Å². The Morgan fingerprint density at radius 3 is 1.94 bits per heavy atom. The number of rotatable bonds is 5. The van der Waals surface area contributed by atoms with E-state index in [4.69, 9.17) is 0 Å². The Labute approximate surface area is 288 Å². The van der Waals surface area contributed by atoms with Gasteiger partial charge in [-0.15, -0.1) is 11.3 Å². The standard InChI is InChI=1S/C46H30N2S/c1-3-12-31(13-4-1)32-22-25-35(26-23-32)47(43-20-11-14-33-24-28-39-38-18-8-10-21-44(38)49-46(39)45(33)43)36-27-29-42-40(30-36)37-17-7-9-19-41(37)48(42)34-15-5-2-6-16-34/h1-30H. The lowest BCUT2D eigenvalue weighted by atomic mass is 10.0. The van der Waals surface area contributed by atoms with E-state index in [1.807, 2.05) is 11.3 Å². The molecule has 0 fully saturated rings. The van der Waals surface area contributed by atoms with Crippen molar-refractivity contribution in [1.82, 2.24) is 4.57 Å². The molecule has 0 saturated heterocycles.